The Bertz CT molecular complexity index is 1300. The first-order valence-electron chi connectivity index (χ1n) is 10.0. The van der Waals surface area contributed by atoms with Gasteiger partial charge in [-0.15, -0.1) is 0 Å². The molecule has 148 valence electrons. The Morgan fingerprint density at radius 3 is 2.60 bits per heavy atom. The van der Waals surface area contributed by atoms with Crippen molar-refractivity contribution in [3.63, 3.8) is 0 Å². The summed E-state index contributed by atoms with van der Waals surface area (Å²) in [7, 11) is 0. The SMILES string of the molecule is Brc1ccc(CCNc2nc3ccccc3n2Cc2cccc3cccnc23)cc1. The van der Waals surface area contributed by atoms with Crippen molar-refractivity contribution in [1.82, 2.24) is 14.5 Å². The number of para-hydroxylation sites is 3. The number of fused-ring (bicyclic) bond motifs is 2. The third kappa shape index (κ3) is 3.81. The molecule has 0 aliphatic rings. The Morgan fingerprint density at radius 2 is 1.70 bits per heavy atom. The minimum absolute atomic E-state index is 0.718. The van der Waals surface area contributed by atoms with E-state index in [0.29, 0.717) is 0 Å². The molecular weight excluding hydrogens is 436 g/mol. The minimum Gasteiger partial charge on any atom is -0.355 e. The maximum atomic E-state index is 4.86. The van der Waals surface area contributed by atoms with E-state index in [-0.39, 0.29) is 0 Å². The highest BCUT2D eigenvalue weighted by Crippen LogP contribution is 2.24. The van der Waals surface area contributed by atoms with Crippen molar-refractivity contribution < 1.29 is 0 Å². The largest absolute Gasteiger partial charge is 0.355 e. The third-order valence-corrected chi connectivity index (χ3v) is 5.84. The van der Waals surface area contributed by atoms with Crippen molar-refractivity contribution in [2.45, 2.75) is 13.0 Å². The predicted molar refractivity (Wildman–Crippen MR) is 127 cm³/mol. The van der Waals surface area contributed by atoms with Crippen LogP contribution < -0.4 is 5.32 Å². The van der Waals surface area contributed by atoms with Gasteiger partial charge in [-0.1, -0.05) is 64.5 Å². The van der Waals surface area contributed by atoms with E-state index in [9.17, 15) is 0 Å². The average Bonchev–Trinajstić information content (AvgIpc) is 3.13. The van der Waals surface area contributed by atoms with E-state index in [0.717, 1.165) is 51.9 Å². The molecule has 0 spiro atoms. The molecule has 5 heteroatoms. The molecular formula is C25H21BrN4. The van der Waals surface area contributed by atoms with E-state index in [1.54, 1.807) is 0 Å². The van der Waals surface area contributed by atoms with Crippen LogP contribution in [0, 0.1) is 0 Å². The van der Waals surface area contributed by atoms with Crippen LogP contribution in [0.4, 0.5) is 5.95 Å². The average molecular weight is 457 g/mol. The fraction of sp³-hybridized carbons (Fsp3) is 0.120. The first-order valence-corrected chi connectivity index (χ1v) is 10.8. The van der Waals surface area contributed by atoms with Gasteiger partial charge in [0.25, 0.3) is 0 Å². The number of pyridine rings is 1. The van der Waals surface area contributed by atoms with Crippen LogP contribution in [0.1, 0.15) is 11.1 Å². The topological polar surface area (TPSA) is 42.7 Å². The highest BCUT2D eigenvalue weighted by atomic mass is 79.9. The van der Waals surface area contributed by atoms with Crippen LogP contribution >= 0.6 is 15.9 Å². The fourth-order valence-electron chi connectivity index (χ4n) is 3.81. The lowest BCUT2D eigenvalue weighted by molar-refractivity contribution is 0.823. The van der Waals surface area contributed by atoms with Crippen LogP contribution in [-0.4, -0.2) is 21.1 Å². The summed E-state index contributed by atoms with van der Waals surface area (Å²) in [5.41, 5.74) is 5.64. The molecule has 0 unspecified atom stereocenters. The normalized spacial score (nSPS) is 11.2. The standard InChI is InChI=1S/C25H21BrN4/c26-21-12-10-18(11-13-21)14-16-28-25-29-22-8-1-2-9-23(22)30(25)17-20-6-3-5-19-7-4-15-27-24(19)20/h1-13,15H,14,16-17H2,(H,28,29). The molecule has 3 aromatic carbocycles. The number of hydrogen-bond acceptors (Lipinski definition) is 3. The number of hydrogen-bond donors (Lipinski definition) is 1. The number of nitrogens with zero attached hydrogens (tertiary/aromatic N) is 3. The van der Waals surface area contributed by atoms with E-state index in [1.807, 2.05) is 18.3 Å². The van der Waals surface area contributed by atoms with E-state index in [4.69, 9.17) is 4.98 Å². The van der Waals surface area contributed by atoms with Crippen molar-refractivity contribution in [3.05, 3.63) is 101 Å². The molecule has 0 saturated heterocycles. The molecule has 4 nitrogen and oxygen atoms in total. The number of nitrogens with one attached hydrogen (secondary N) is 1. The van der Waals surface area contributed by atoms with Gasteiger partial charge in [-0.25, -0.2) is 4.98 Å². The van der Waals surface area contributed by atoms with E-state index in [1.165, 1.54) is 11.1 Å². The summed E-state index contributed by atoms with van der Waals surface area (Å²) >= 11 is 3.49. The molecule has 5 aromatic rings. The summed E-state index contributed by atoms with van der Waals surface area (Å²) in [4.78, 5) is 9.48. The van der Waals surface area contributed by atoms with Crippen molar-refractivity contribution in [1.29, 1.82) is 0 Å². The van der Waals surface area contributed by atoms with Gasteiger partial charge in [-0.05, 0) is 47.9 Å². The van der Waals surface area contributed by atoms with Gasteiger partial charge in [0.15, 0.2) is 0 Å². The molecule has 5 rings (SSSR count). The second-order valence-electron chi connectivity index (χ2n) is 7.31. The van der Waals surface area contributed by atoms with Gasteiger partial charge in [-0.3, -0.25) is 4.98 Å². The van der Waals surface area contributed by atoms with Crippen LogP contribution in [0.15, 0.2) is 89.5 Å². The monoisotopic (exact) mass is 456 g/mol. The first kappa shape index (κ1) is 18.8. The Hall–Kier alpha value is -3.18. The lowest BCUT2D eigenvalue weighted by Gasteiger charge is -2.12. The number of benzene rings is 3. The molecule has 0 atom stereocenters. The molecule has 1 N–H and O–H groups in total. The van der Waals surface area contributed by atoms with Crippen LogP contribution in [0.2, 0.25) is 0 Å². The third-order valence-electron chi connectivity index (χ3n) is 5.31. The molecule has 0 aliphatic carbocycles. The molecule has 30 heavy (non-hydrogen) atoms. The van der Waals surface area contributed by atoms with Gasteiger partial charge in [0.2, 0.25) is 5.95 Å². The van der Waals surface area contributed by atoms with E-state index >= 15 is 0 Å². The van der Waals surface area contributed by atoms with Crippen LogP contribution in [0.5, 0.6) is 0 Å². The molecule has 0 bridgehead atoms. The Morgan fingerprint density at radius 1 is 0.867 bits per heavy atom. The maximum absolute atomic E-state index is 4.86. The second kappa shape index (κ2) is 8.28. The lowest BCUT2D eigenvalue weighted by atomic mass is 10.1. The van der Waals surface area contributed by atoms with Gasteiger partial charge in [0.1, 0.15) is 0 Å². The van der Waals surface area contributed by atoms with Gasteiger partial charge >= 0.3 is 0 Å². The molecule has 0 aliphatic heterocycles. The Labute approximate surface area is 183 Å². The minimum atomic E-state index is 0.718. The highest BCUT2D eigenvalue weighted by molar-refractivity contribution is 9.10. The van der Waals surface area contributed by atoms with Gasteiger partial charge in [-0.2, -0.15) is 0 Å². The van der Waals surface area contributed by atoms with Crippen molar-refractivity contribution >= 4 is 43.8 Å². The number of halogens is 1. The Kier molecular flexibility index (Phi) is 5.20. The molecule has 0 fully saturated rings. The number of aromatic nitrogens is 3. The zero-order valence-electron chi connectivity index (χ0n) is 16.4. The highest BCUT2D eigenvalue weighted by Gasteiger charge is 2.12. The predicted octanol–water partition coefficient (Wildman–Crippen LogP) is 6.05. The van der Waals surface area contributed by atoms with Gasteiger partial charge in [0.05, 0.1) is 23.1 Å². The number of imidazole rings is 1. The van der Waals surface area contributed by atoms with Crippen LogP contribution in [-0.2, 0) is 13.0 Å². The molecule has 0 amide bonds. The molecule has 2 aromatic heterocycles. The van der Waals surface area contributed by atoms with Crippen LogP contribution in [0.25, 0.3) is 21.9 Å². The fourth-order valence-corrected chi connectivity index (χ4v) is 4.07. The lowest BCUT2D eigenvalue weighted by Crippen LogP contribution is -2.11. The summed E-state index contributed by atoms with van der Waals surface area (Å²) in [6.07, 6.45) is 2.79. The molecule has 0 radical (unpaired) electrons. The summed E-state index contributed by atoms with van der Waals surface area (Å²) in [6.45, 7) is 1.54. The molecule has 0 saturated carbocycles. The number of anilines is 1. The molecule has 2 heterocycles. The summed E-state index contributed by atoms with van der Waals surface area (Å²) in [5.74, 6) is 0.890. The zero-order chi connectivity index (χ0) is 20.3. The number of rotatable bonds is 6. The summed E-state index contributed by atoms with van der Waals surface area (Å²) < 4.78 is 3.35. The van der Waals surface area contributed by atoms with Crippen molar-refractivity contribution in [2.24, 2.45) is 0 Å². The van der Waals surface area contributed by atoms with Gasteiger partial charge < -0.3 is 9.88 Å². The maximum Gasteiger partial charge on any atom is 0.204 e. The van der Waals surface area contributed by atoms with Crippen molar-refractivity contribution in [2.75, 3.05) is 11.9 Å². The van der Waals surface area contributed by atoms with Crippen LogP contribution in [0.3, 0.4) is 0 Å². The summed E-state index contributed by atoms with van der Waals surface area (Å²) in [6, 6.07) is 27.2. The van der Waals surface area contributed by atoms with Gasteiger partial charge in [0, 0.05) is 22.6 Å². The zero-order valence-corrected chi connectivity index (χ0v) is 18.0. The first-order chi connectivity index (χ1) is 14.8. The van der Waals surface area contributed by atoms with E-state index < -0.39 is 0 Å². The quantitative estimate of drug-likeness (QED) is 0.338. The second-order valence-corrected chi connectivity index (χ2v) is 8.22. The van der Waals surface area contributed by atoms with E-state index in [2.05, 4.69) is 97.5 Å². The van der Waals surface area contributed by atoms with Crippen molar-refractivity contribution in [3.8, 4) is 0 Å². The summed E-state index contributed by atoms with van der Waals surface area (Å²) in [5, 5.41) is 4.71. The smallest absolute Gasteiger partial charge is 0.204 e. The Balaban J connectivity index is 1.45.